The van der Waals surface area contributed by atoms with Gasteiger partial charge in [-0.3, -0.25) is 9.59 Å². The van der Waals surface area contributed by atoms with Crippen molar-refractivity contribution in [3.05, 3.63) is 0 Å². The Morgan fingerprint density at radius 1 is 1.39 bits per heavy atom. The van der Waals surface area contributed by atoms with Gasteiger partial charge in [0.15, 0.2) is 0 Å². The lowest BCUT2D eigenvalue weighted by molar-refractivity contribution is -0.138. The molecule has 1 aliphatic carbocycles. The van der Waals surface area contributed by atoms with Gasteiger partial charge in [0.05, 0.1) is 5.25 Å². The SMILES string of the molecule is CC(SC[C@@H](N)C(=O)O)C(=O)NC1CCCCC1. The van der Waals surface area contributed by atoms with Gasteiger partial charge in [0, 0.05) is 11.8 Å². The van der Waals surface area contributed by atoms with Gasteiger partial charge in [-0.15, -0.1) is 11.8 Å². The second-order valence-electron chi connectivity index (χ2n) is 4.76. The highest BCUT2D eigenvalue weighted by molar-refractivity contribution is 8.00. The Hall–Kier alpha value is -0.750. The van der Waals surface area contributed by atoms with Gasteiger partial charge in [0.25, 0.3) is 0 Å². The summed E-state index contributed by atoms with van der Waals surface area (Å²) in [5, 5.41) is 11.4. The third-order valence-electron chi connectivity index (χ3n) is 3.16. The maximum Gasteiger partial charge on any atom is 0.321 e. The minimum Gasteiger partial charge on any atom is -0.480 e. The zero-order valence-electron chi connectivity index (χ0n) is 10.7. The van der Waals surface area contributed by atoms with Crippen LogP contribution in [-0.2, 0) is 9.59 Å². The van der Waals surface area contributed by atoms with Crippen LogP contribution in [0.5, 0.6) is 0 Å². The van der Waals surface area contributed by atoms with Crippen LogP contribution in [0.2, 0.25) is 0 Å². The fourth-order valence-corrected chi connectivity index (χ4v) is 2.82. The maximum atomic E-state index is 11.9. The minimum absolute atomic E-state index is 0.00973. The van der Waals surface area contributed by atoms with Crippen molar-refractivity contribution in [1.29, 1.82) is 0 Å². The van der Waals surface area contributed by atoms with E-state index in [0.717, 1.165) is 12.8 Å². The molecule has 0 aromatic carbocycles. The average Bonchev–Trinajstić information content (AvgIpc) is 2.36. The normalized spacial score (nSPS) is 20.1. The van der Waals surface area contributed by atoms with Crippen LogP contribution < -0.4 is 11.1 Å². The summed E-state index contributed by atoms with van der Waals surface area (Å²) in [5.41, 5.74) is 5.40. The Labute approximate surface area is 112 Å². The molecule has 1 saturated carbocycles. The molecule has 0 bridgehead atoms. The second kappa shape index (κ2) is 7.63. The first kappa shape index (κ1) is 15.3. The highest BCUT2D eigenvalue weighted by Gasteiger charge is 2.21. The van der Waals surface area contributed by atoms with E-state index in [2.05, 4.69) is 5.32 Å². The van der Waals surface area contributed by atoms with E-state index in [1.54, 1.807) is 6.92 Å². The van der Waals surface area contributed by atoms with Crippen LogP contribution in [0.25, 0.3) is 0 Å². The third-order valence-corrected chi connectivity index (χ3v) is 4.43. The first-order valence-electron chi connectivity index (χ1n) is 6.41. The second-order valence-corrected chi connectivity index (χ2v) is 6.14. The number of nitrogens with one attached hydrogen (secondary N) is 1. The quantitative estimate of drug-likeness (QED) is 0.671. The van der Waals surface area contributed by atoms with Crippen LogP contribution >= 0.6 is 11.8 Å². The number of carboxylic acid groups (broad SMARTS) is 1. The largest absolute Gasteiger partial charge is 0.480 e. The van der Waals surface area contributed by atoms with E-state index in [0.29, 0.717) is 6.04 Å². The molecule has 104 valence electrons. The van der Waals surface area contributed by atoms with Crippen molar-refractivity contribution >= 4 is 23.6 Å². The lowest BCUT2D eigenvalue weighted by Crippen LogP contribution is -2.41. The number of hydrogen-bond acceptors (Lipinski definition) is 4. The van der Waals surface area contributed by atoms with Crippen LogP contribution in [-0.4, -0.2) is 40.1 Å². The summed E-state index contributed by atoms with van der Waals surface area (Å²) >= 11 is 1.29. The van der Waals surface area contributed by atoms with Gasteiger partial charge >= 0.3 is 5.97 Å². The Balaban J connectivity index is 2.25. The predicted octanol–water partition coefficient (Wildman–Crippen LogP) is 0.969. The minimum atomic E-state index is -1.03. The van der Waals surface area contributed by atoms with E-state index in [4.69, 9.17) is 10.8 Å². The van der Waals surface area contributed by atoms with Crippen LogP contribution in [0.4, 0.5) is 0 Å². The van der Waals surface area contributed by atoms with Crippen molar-refractivity contribution in [1.82, 2.24) is 5.32 Å². The Morgan fingerprint density at radius 2 is 2.00 bits per heavy atom. The van der Waals surface area contributed by atoms with Gasteiger partial charge in [-0.25, -0.2) is 0 Å². The molecule has 1 amide bonds. The molecule has 6 heteroatoms. The van der Waals surface area contributed by atoms with Crippen LogP contribution in [0.1, 0.15) is 39.0 Å². The summed E-state index contributed by atoms with van der Waals surface area (Å²) in [6.45, 7) is 1.79. The molecular weight excluding hydrogens is 252 g/mol. The van der Waals surface area contributed by atoms with Gasteiger partial charge in [-0.2, -0.15) is 0 Å². The summed E-state index contributed by atoms with van der Waals surface area (Å²) in [7, 11) is 0. The smallest absolute Gasteiger partial charge is 0.321 e. The average molecular weight is 274 g/mol. The van der Waals surface area contributed by atoms with E-state index < -0.39 is 12.0 Å². The number of rotatable bonds is 6. The number of carbonyl (C=O) groups is 2. The van der Waals surface area contributed by atoms with E-state index in [1.807, 2.05) is 0 Å². The molecule has 0 spiro atoms. The zero-order chi connectivity index (χ0) is 13.5. The van der Waals surface area contributed by atoms with Gasteiger partial charge in [0.2, 0.25) is 5.91 Å². The van der Waals surface area contributed by atoms with E-state index in [-0.39, 0.29) is 16.9 Å². The molecule has 0 aliphatic heterocycles. The molecule has 18 heavy (non-hydrogen) atoms. The Kier molecular flexibility index (Phi) is 6.49. The molecule has 5 nitrogen and oxygen atoms in total. The number of aliphatic carboxylic acids is 1. The molecule has 0 aromatic rings. The summed E-state index contributed by atoms with van der Waals surface area (Å²) in [4.78, 5) is 22.4. The van der Waals surface area contributed by atoms with Crippen LogP contribution in [0.15, 0.2) is 0 Å². The molecule has 0 saturated heterocycles. The number of hydrogen-bond donors (Lipinski definition) is 3. The highest BCUT2D eigenvalue weighted by atomic mass is 32.2. The summed E-state index contributed by atoms with van der Waals surface area (Å²) in [6.07, 6.45) is 5.71. The monoisotopic (exact) mass is 274 g/mol. The van der Waals surface area contributed by atoms with Crippen molar-refractivity contribution in [3.63, 3.8) is 0 Å². The Bertz CT molecular complexity index is 293. The Morgan fingerprint density at radius 3 is 2.56 bits per heavy atom. The summed E-state index contributed by atoms with van der Waals surface area (Å²) in [6, 6.07) is -0.609. The fourth-order valence-electron chi connectivity index (χ4n) is 1.96. The van der Waals surface area contributed by atoms with E-state index in [9.17, 15) is 9.59 Å². The molecule has 2 atom stereocenters. The van der Waals surface area contributed by atoms with Gasteiger partial charge in [-0.1, -0.05) is 19.3 Å². The number of amides is 1. The maximum absolute atomic E-state index is 11.9. The standard InChI is InChI=1S/C12H22N2O3S/c1-8(18-7-10(13)12(16)17)11(15)14-9-5-3-2-4-6-9/h8-10H,2-7,13H2,1H3,(H,14,15)(H,16,17)/t8?,10-/m1/s1. The molecule has 1 rings (SSSR count). The molecule has 4 N–H and O–H groups in total. The van der Waals surface area contributed by atoms with Crippen molar-refractivity contribution < 1.29 is 14.7 Å². The van der Waals surface area contributed by atoms with Gasteiger partial charge < -0.3 is 16.2 Å². The van der Waals surface area contributed by atoms with Gasteiger partial charge in [0.1, 0.15) is 6.04 Å². The first-order valence-corrected chi connectivity index (χ1v) is 7.46. The van der Waals surface area contributed by atoms with Crippen molar-refractivity contribution in [2.45, 2.75) is 56.4 Å². The molecule has 1 unspecified atom stereocenters. The number of carbonyl (C=O) groups excluding carboxylic acids is 1. The first-order chi connectivity index (χ1) is 8.50. The molecular formula is C12H22N2O3S. The predicted molar refractivity (Wildman–Crippen MR) is 72.5 cm³/mol. The molecule has 1 aliphatic rings. The number of thioether (sulfide) groups is 1. The van der Waals surface area contributed by atoms with E-state index >= 15 is 0 Å². The fraction of sp³-hybridized carbons (Fsp3) is 0.833. The summed E-state index contributed by atoms with van der Waals surface area (Å²) < 4.78 is 0. The lowest BCUT2D eigenvalue weighted by atomic mass is 9.95. The van der Waals surface area contributed by atoms with Crippen LogP contribution in [0, 0.1) is 0 Å². The zero-order valence-corrected chi connectivity index (χ0v) is 11.5. The highest BCUT2D eigenvalue weighted by Crippen LogP contribution is 2.18. The molecule has 0 heterocycles. The third kappa shape index (κ3) is 5.27. The molecule has 0 aromatic heterocycles. The topological polar surface area (TPSA) is 92.4 Å². The van der Waals surface area contributed by atoms with Crippen LogP contribution in [0.3, 0.4) is 0 Å². The molecule has 0 radical (unpaired) electrons. The van der Waals surface area contributed by atoms with Crippen molar-refractivity contribution in [3.8, 4) is 0 Å². The van der Waals surface area contributed by atoms with Gasteiger partial charge in [-0.05, 0) is 19.8 Å². The summed E-state index contributed by atoms with van der Waals surface area (Å²) in [5.74, 6) is -0.777. The van der Waals surface area contributed by atoms with E-state index in [1.165, 1.54) is 31.0 Å². The number of nitrogens with two attached hydrogens (primary N) is 1. The van der Waals surface area contributed by atoms with Crippen molar-refractivity contribution in [2.75, 3.05) is 5.75 Å². The number of carboxylic acids is 1. The molecule has 1 fully saturated rings. The van der Waals surface area contributed by atoms with Crippen molar-refractivity contribution in [2.24, 2.45) is 5.73 Å². The lowest BCUT2D eigenvalue weighted by Gasteiger charge is -2.24.